The summed E-state index contributed by atoms with van der Waals surface area (Å²) < 4.78 is 0. The molecule has 1 rings (SSSR count). The number of carbonyl (C=O) groups is 2. The number of hydrogen-bond acceptors (Lipinski definition) is 3. The van der Waals surface area contributed by atoms with Gasteiger partial charge in [0.15, 0.2) is 0 Å². The van der Waals surface area contributed by atoms with Crippen LogP contribution in [0.2, 0.25) is 0 Å². The molecular weight excluding hydrogens is 290 g/mol. The molecule has 0 aliphatic heterocycles. The highest BCUT2D eigenvalue weighted by atomic mass is 16.2. The summed E-state index contributed by atoms with van der Waals surface area (Å²) in [5.74, 6) is 0.00996. The Balaban J connectivity index is 2.06. The van der Waals surface area contributed by atoms with E-state index in [1.807, 2.05) is 0 Å². The minimum Gasteiger partial charge on any atom is -0.356 e. The van der Waals surface area contributed by atoms with Crippen molar-refractivity contribution >= 4 is 11.8 Å². The molecule has 0 bridgehead atoms. The van der Waals surface area contributed by atoms with E-state index in [2.05, 4.69) is 29.4 Å². The van der Waals surface area contributed by atoms with E-state index >= 15 is 0 Å². The number of nitrogens with one attached hydrogen (secondary N) is 2. The Bertz CT molecular complexity index is 335. The molecule has 0 heterocycles. The van der Waals surface area contributed by atoms with Gasteiger partial charge in [0.2, 0.25) is 11.8 Å². The first-order valence-electron chi connectivity index (χ1n) is 9.44. The monoisotopic (exact) mass is 325 g/mol. The van der Waals surface area contributed by atoms with Crippen LogP contribution in [0.3, 0.4) is 0 Å². The fraction of sp³-hybridized carbons (Fsp3) is 0.889. The summed E-state index contributed by atoms with van der Waals surface area (Å²) in [4.78, 5) is 26.0. The topological polar surface area (TPSA) is 61.4 Å². The van der Waals surface area contributed by atoms with Crippen LogP contribution in [0.5, 0.6) is 0 Å². The Morgan fingerprint density at radius 3 is 2.17 bits per heavy atom. The molecule has 1 aliphatic carbocycles. The fourth-order valence-corrected chi connectivity index (χ4v) is 3.11. The van der Waals surface area contributed by atoms with E-state index in [0.717, 1.165) is 38.9 Å². The van der Waals surface area contributed by atoms with Gasteiger partial charge in [-0.25, -0.2) is 0 Å². The first kappa shape index (κ1) is 19.9. The molecule has 1 saturated carbocycles. The van der Waals surface area contributed by atoms with Gasteiger partial charge < -0.3 is 15.5 Å². The molecule has 1 aliphatic rings. The highest BCUT2D eigenvalue weighted by molar-refractivity contribution is 5.83. The molecule has 0 aromatic heterocycles. The molecule has 0 aromatic rings. The van der Waals surface area contributed by atoms with E-state index in [-0.39, 0.29) is 11.8 Å². The van der Waals surface area contributed by atoms with E-state index in [0.29, 0.717) is 25.4 Å². The summed E-state index contributed by atoms with van der Waals surface area (Å²) in [6, 6.07) is 0.321. The first-order valence-corrected chi connectivity index (χ1v) is 9.44. The van der Waals surface area contributed by atoms with Gasteiger partial charge in [0.25, 0.3) is 0 Å². The van der Waals surface area contributed by atoms with E-state index in [1.165, 1.54) is 25.7 Å². The van der Waals surface area contributed by atoms with Gasteiger partial charge in [-0.15, -0.1) is 0 Å². The molecule has 5 heteroatoms. The van der Waals surface area contributed by atoms with Gasteiger partial charge in [-0.1, -0.05) is 39.5 Å². The summed E-state index contributed by atoms with van der Waals surface area (Å²) in [6.45, 7) is 8.09. The number of carbonyl (C=O) groups excluding carboxylic acids is 2. The molecule has 134 valence electrons. The number of hydrogen-bond donors (Lipinski definition) is 2. The average molecular weight is 325 g/mol. The third-order valence-corrected chi connectivity index (χ3v) is 4.67. The van der Waals surface area contributed by atoms with Crippen LogP contribution in [0.1, 0.15) is 71.6 Å². The Morgan fingerprint density at radius 1 is 0.957 bits per heavy atom. The average Bonchev–Trinajstić information content (AvgIpc) is 2.82. The lowest BCUT2D eigenvalue weighted by Crippen LogP contribution is -2.35. The summed E-state index contributed by atoms with van der Waals surface area (Å²) >= 11 is 0. The molecular formula is C18H35N3O2. The second kappa shape index (κ2) is 12.3. The van der Waals surface area contributed by atoms with Crippen molar-refractivity contribution < 1.29 is 9.59 Å². The molecule has 0 saturated heterocycles. The van der Waals surface area contributed by atoms with Crippen molar-refractivity contribution in [3.8, 4) is 0 Å². The summed E-state index contributed by atoms with van der Waals surface area (Å²) in [6.07, 6.45) is 8.71. The van der Waals surface area contributed by atoms with Crippen LogP contribution in [0.25, 0.3) is 0 Å². The van der Waals surface area contributed by atoms with Crippen LogP contribution >= 0.6 is 0 Å². The first-order chi connectivity index (χ1) is 11.2. The van der Waals surface area contributed by atoms with Gasteiger partial charge in [-0.05, 0) is 38.9 Å². The maximum Gasteiger partial charge on any atom is 0.220 e. The maximum absolute atomic E-state index is 11.9. The molecule has 23 heavy (non-hydrogen) atoms. The summed E-state index contributed by atoms with van der Waals surface area (Å²) in [5, 5.41) is 6.00. The van der Waals surface area contributed by atoms with E-state index < -0.39 is 0 Å². The van der Waals surface area contributed by atoms with E-state index in [4.69, 9.17) is 0 Å². The lowest BCUT2D eigenvalue weighted by Gasteiger charge is -2.18. The predicted octanol–water partition coefficient (Wildman–Crippen LogP) is 2.45. The zero-order valence-electron chi connectivity index (χ0n) is 15.0. The molecule has 0 unspecified atom stereocenters. The Labute approximate surface area is 141 Å². The number of amides is 2. The van der Waals surface area contributed by atoms with Crippen LogP contribution in [0.15, 0.2) is 0 Å². The normalized spacial score (nSPS) is 16.1. The zero-order chi connectivity index (χ0) is 16.9. The van der Waals surface area contributed by atoms with Crippen LogP contribution in [-0.4, -0.2) is 48.9 Å². The SMILES string of the molecule is CCN(CC)CCCNC(=O)CCC(=O)NC1CCCCCC1. The predicted molar refractivity (Wildman–Crippen MR) is 94.3 cm³/mol. The van der Waals surface area contributed by atoms with Crippen molar-refractivity contribution in [1.82, 2.24) is 15.5 Å². The number of nitrogens with zero attached hydrogens (tertiary/aromatic N) is 1. The zero-order valence-corrected chi connectivity index (χ0v) is 15.0. The summed E-state index contributed by atoms with van der Waals surface area (Å²) in [5.41, 5.74) is 0. The third kappa shape index (κ3) is 9.59. The van der Waals surface area contributed by atoms with Crippen molar-refractivity contribution in [3.63, 3.8) is 0 Å². The van der Waals surface area contributed by atoms with E-state index in [1.54, 1.807) is 0 Å². The van der Waals surface area contributed by atoms with Gasteiger partial charge in [0.1, 0.15) is 0 Å². The fourth-order valence-electron chi connectivity index (χ4n) is 3.11. The van der Waals surface area contributed by atoms with Gasteiger partial charge in [0.05, 0.1) is 0 Å². The van der Waals surface area contributed by atoms with Crippen LogP contribution < -0.4 is 10.6 Å². The van der Waals surface area contributed by atoms with Crippen molar-refractivity contribution in [2.24, 2.45) is 0 Å². The maximum atomic E-state index is 11.9. The minimum atomic E-state index is -0.0134. The second-order valence-electron chi connectivity index (χ2n) is 6.49. The lowest BCUT2D eigenvalue weighted by atomic mass is 10.1. The molecule has 1 fully saturated rings. The van der Waals surface area contributed by atoms with Crippen LogP contribution in [-0.2, 0) is 9.59 Å². The smallest absolute Gasteiger partial charge is 0.220 e. The van der Waals surface area contributed by atoms with Crippen LogP contribution in [0, 0.1) is 0 Å². The molecule has 2 N–H and O–H groups in total. The lowest BCUT2D eigenvalue weighted by molar-refractivity contribution is -0.126. The Hall–Kier alpha value is -1.10. The summed E-state index contributed by atoms with van der Waals surface area (Å²) in [7, 11) is 0. The van der Waals surface area contributed by atoms with Crippen molar-refractivity contribution in [2.75, 3.05) is 26.2 Å². The largest absolute Gasteiger partial charge is 0.356 e. The Morgan fingerprint density at radius 2 is 1.57 bits per heavy atom. The van der Waals surface area contributed by atoms with Gasteiger partial charge in [-0.3, -0.25) is 9.59 Å². The van der Waals surface area contributed by atoms with Gasteiger partial charge in [0, 0.05) is 25.4 Å². The third-order valence-electron chi connectivity index (χ3n) is 4.67. The highest BCUT2D eigenvalue weighted by Gasteiger charge is 2.15. The Kier molecular flexibility index (Phi) is 10.7. The quantitative estimate of drug-likeness (QED) is 0.479. The molecule has 0 atom stereocenters. The van der Waals surface area contributed by atoms with Crippen molar-refractivity contribution in [1.29, 1.82) is 0 Å². The molecule has 0 aromatic carbocycles. The second-order valence-corrected chi connectivity index (χ2v) is 6.49. The van der Waals surface area contributed by atoms with Crippen molar-refractivity contribution in [2.45, 2.75) is 77.7 Å². The van der Waals surface area contributed by atoms with Gasteiger partial charge >= 0.3 is 0 Å². The van der Waals surface area contributed by atoms with Gasteiger partial charge in [-0.2, -0.15) is 0 Å². The van der Waals surface area contributed by atoms with Crippen LogP contribution in [0.4, 0.5) is 0 Å². The molecule has 2 amide bonds. The van der Waals surface area contributed by atoms with E-state index in [9.17, 15) is 9.59 Å². The molecule has 0 radical (unpaired) electrons. The minimum absolute atomic E-state index is 0.0134. The number of rotatable bonds is 10. The van der Waals surface area contributed by atoms with Crippen molar-refractivity contribution in [3.05, 3.63) is 0 Å². The standard InChI is InChI=1S/C18H35N3O2/c1-3-21(4-2)15-9-14-19-17(22)12-13-18(23)20-16-10-7-5-6-8-11-16/h16H,3-15H2,1-2H3,(H,19,22)(H,20,23). The molecule has 0 spiro atoms. The highest BCUT2D eigenvalue weighted by Crippen LogP contribution is 2.17. The molecule has 5 nitrogen and oxygen atoms in total.